The lowest BCUT2D eigenvalue weighted by molar-refractivity contribution is -0.114. The van der Waals surface area contributed by atoms with Crippen molar-refractivity contribution >= 4 is 17.3 Å². The summed E-state index contributed by atoms with van der Waals surface area (Å²) in [7, 11) is 3.28. The molecule has 0 aliphatic carbocycles. The molecule has 1 amide bonds. The number of hydrogen-bond donors (Lipinski definition) is 1. The third kappa shape index (κ3) is 6.16. The van der Waals surface area contributed by atoms with Gasteiger partial charge < -0.3 is 14.8 Å². The Morgan fingerprint density at radius 3 is 2.00 bits per heavy atom. The largest absolute Gasteiger partial charge is 0.497 e. The monoisotopic (exact) mass is 498 g/mol. The molecule has 3 aromatic rings. The molecule has 0 unspecified atom stereocenters. The average Bonchev–Trinajstić information content (AvgIpc) is 3.26. The van der Waals surface area contributed by atoms with Crippen LogP contribution >= 0.6 is 0 Å². The summed E-state index contributed by atoms with van der Waals surface area (Å²) in [6.45, 7) is 4.40. The minimum atomic E-state index is -0.318. The van der Waals surface area contributed by atoms with Crippen molar-refractivity contribution in [1.82, 2.24) is 0 Å². The van der Waals surface area contributed by atoms with Crippen LogP contribution in [0.25, 0.3) is 0 Å². The SMILES string of the molecule is CCCCc1ccc(NC2=C[C@H](c3ccc(OC)cc3OC)N(c3ccc(CCCC)cc3)C2=O)cc1. The van der Waals surface area contributed by atoms with Gasteiger partial charge in [-0.1, -0.05) is 51.0 Å². The van der Waals surface area contributed by atoms with E-state index in [1.165, 1.54) is 24.0 Å². The second kappa shape index (κ2) is 12.5. The first kappa shape index (κ1) is 26.3. The van der Waals surface area contributed by atoms with Crippen molar-refractivity contribution in [2.24, 2.45) is 0 Å². The normalized spacial score (nSPS) is 15.0. The Kier molecular flexibility index (Phi) is 8.89. The molecule has 0 spiro atoms. The predicted octanol–water partition coefficient (Wildman–Crippen LogP) is 7.47. The molecule has 1 aliphatic heterocycles. The highest BCUT2D eigenvalue weighted by Crippen LogP contribution is 2.41. The number of amides is 1. The first-order valence-corrected chi connectivity index (χ1v) is 13.3. The number of nitrogens with zero attached hydrogens (tertiary/aromatic N) is 1. The molecular formula is C32H38N2O3. The molecule has 0 saturated heterocycles. The van der Waals surface area contributed by atoms with Crippen LogP contribution in [0, 0.1) is 0 Å². The number of rotatable bonds is 12. The Morgan fingerprint density at radius 1 is 0.811 bits per heavy atom. The van der Waals surface area contributed by atoms with Crippen molar-refractivity contribution in [3.05, 3.63) is 95.2 Å². The Morgan fingerprint density at radius 2 is 1.43 bits per heavy atom. The minimum absolute atomic E-state index is 0.0701. The molecule has 0 fully saturated rings. The van der Waals surface area contributed by atoms with Gasteiger partial charge in [0.15, 0.2) is 0 Å². The number of carbonyl (C=O) groups excluding carboxylic acids is 1. The van der Waals surface area contributed by atoms with E-state index in [1.54, 1.807) is 14.2 Å². The summed E-state index contributed by atoms with van der Waals surface area (Å²) in [4.78, 5) is 15.7. The molecule has 37 heavy (non-hydrogen) atoms. The number of nitrogens with one attached hydrogen (secondary N) is 1. The zero-order chi connectivity index (χ0) is 26.2. The second-order valence-electron chi connectivity index (χ2n) is 9.50. The van der Waals surface area contributed by atoms with Crippen molar-refractivity contribution in [3.63, 3.8) is 0 Å². The smallest absolute Gasteiger partial charge is 0.275 e. The maximum Gasteiger partial charge on any atom is 0.275 e. The summed E-state index contributed by atoms with van der Waals surface area (Å²) in [5.41, 5.74) is 5.81. The van der Waals surface area contributed by atoms with Crippen molar-refractivity contribution in [2.45, 2.75) is 58.4 Å². The average molecular weight is 499 g/mol. The lowest BCUT2D eigenvalue weighted by atomic mass is 10.0. The lowest BCUT2D eigenvalue weighted by Gasteiger charge is -2.27. The highest BCUT2D eigenvalue weighted by Gasteiger charge is 2.36. The van der Waals surface area contributed by atoms with Gasteiger partial charge >= 0.3 is 0 Å². The second-order valence-corrected chi connectivity index (χ2v) is 9.50. The van der Waals surface area contributed by atoms with Crippen LogP contribution in [0.4, 0.5) is 11.4 Å². The summed E-state index contributed by atoms with van der Waals surface area (Å²) < 4.78 is 11.1. The quantitative estimate of drug-likeness (QED) is 0.281. The van der Waals surface area contributed by atoms with Crippen molar-refractivity contribution < 1.29 is 14.3 Å². The Hall–Kier alpha value is -3.73. The number of unbranched alkanes of at least 4 members (excludes halogenated alkanes) is 2. The van der Waals surface area contributed by atoms with E-state index in [0.717, 1.165) is 42.6 Å². The van der Waals surface area contributed by atoms with E-state index >= 15 is 0 Å². The number of anilines is 2. The molecule has 3 aromatic carbocycles. The first-order chi connectivity index (χ1) is 18.1. The Bertz CT molecular complexity index is 1220. The fourth-order valence-corrected chi connectivity index (χ4v) is 4.72. The van der Waals surface area contributed by atoms with Gasteiger partial charge in [-0.2, -0.15) is 0 Å². The van der Waals surface area contributed by atoms with E-state index in [4.69, 9.17) is 9.47 Å². The molecule has 5 heteroatoms. The zero-order valence-corrected chi connectivity index (χ0v) is 22.4. The molecule has 1 N–H and O–H groups in total. The van der Waals surface area contributed by atoms with Crippen molar-refractivity contribution in [3.8, 4) is 11.5 Å². The number of hydrogen-bond acceptors (Lipinski definition) is 4. The number of benzene rings is 3. The molecule has 0 aromatic heterocycles. The van der Waals surface area contributed by atoms with Crippen LogP contribution in [0.5, 0.6) is 11.5 Å². The number of carbonyl (C=O) groups is 1. The number of aryl methyl sites for hydroxylation is 2. The summed E-state index contributed by atoms with van der Waals surface area (Å²) >= 11 is 0. The lowest BCUT2D eigenvalue weighted by Crippen LogP contribution is -2.31. The molecule has 194 valence electrons. The first-order valence-electron chi connectivity index (χ1n) is 13.3. The van der Waals surface area contributed by atoms with Crippen LogP contribution < -0.4 is 19.7 Å². The summed E-state index contributed by atoms with van der Waals surface area (Å²) in [6.07, 6.45) is 8.76. The summed E-state index contributed by atoms with van der Waals surface area (Å²) in [5.74, 6) is 1.32. The number of methoxy groups -OCH3 is 2. The van der Waals surface area contributed by atoms with Gasteiger partial charge in [0.1, 0.15) is 17.2 Å². The summed E-state index contributed by atoms with van der Waals surface area (Å²) in [6, 6.07) is 22.1. The maximum absolute atomic E-state index is 13.8. The van der Waals surface area contributed by atoms with Gasteiger partial charge in [0, 0.05) is 23.0 Å². The molecule has 0 saturated carbocycles. The van der Waals surface area contributed by atoms with E-state index in [0.29, 0.717) is 17.2 Å². The van der Waals surface area contributed by atoms with Gasteiger partial charge in [-0.05, 0) is 79.3 Å². The molecule has 0 radical (unpaired) electrons. The van der Waals surface area contributed by atoms with Gasteiger partial charge in [-0.15, -0.1) is 0 Å². The molecule has 4 rings (SSSR count). The molecular weight excluding hydrogens is 460 g/mol. The van der Waals surface area contributed by atoms with E-state index in [2.05, 4.69) is 43.4 Å². The minimum Gasteiger partial charge on any atom is -0.497 e. The number of ether oxygens (including phenoxy) is 2. The fraction of sp³-hybridized carbons (Fsp3) is 0.344. The third-order valence-electron chi connectivity index (χ3n) is 6.90. The Balaban J connectivity index is 1.66. The van der Waals surface area contributed by atoms with Crippen LogP contribution in [0.1, 0.15) is 62.3 Å². The van der Waals surface area contributed by atoms with Crippen LogP contribution in [0.3, 0.4) is 0 Å². The van der Waals surface area contributed by atoms with Crippen LogP contribution in [0.2, 0.25) is 0 Å². The highest BCUT2D eigenvalue weighted by atomic mass is 16.5. The van der Waals surface area contributed by atoms with E-state index in [9.17, 15) is 4.79 Å². The van der Waals surface area contributed by atoms with Crippen molar-refractivity contribution in [2.75, 3.05) is 24.4 Å². The van der Waals surface area contributed by atoms with E-state index < -0.39 is 0 Å². The van der Waals surface area contributed by atoms with E-state index in [-0.39, 0.29) is 11.9 Å². The fourth-order valence-electron chi connectivity index (χ4n) is 4.72. The van der Waals surface area contributed by atoms with Crippen LogP contribution in [-0.4, -0.2) is 20.1 Å². The Labute approximate surface area is 221 Å². The van der Waals surface area contributed by atoms with Gasteiger partial charge in [-0.3, -0.25) is 9.69 Å². The predicted molar refractivity (Wildman–Crippen MR) is 152 cm³/mol. The van der Waals surface area contributed by atoms with E-state index in [1.807, 2.05) is 53.4 Å². The highest BCUT2D eigenvalue weighted by molar-refractivity contribution is 6.11. The third-order valence-corrected chi connectivity index (χ3v) is 6.90. The topological polar surface area (TPSA) is 50.8 Å². The molecule has 1 heterocycles. The standard InChI is InChI=1S/C32H38N2O3/c1-5-7-9-23-11-15-25(16-12-23)33-29-22-30(28-20-19-27(36-3)21-31(28)37-4)34(32(29)35)26-17-13-24(14-18-26)10-8-6-2/h11-22,30,33H,5-10H2,1-4H3/t30-/m1/s1. The summed E-state index contributed by atoms with van der Waals surface area (Å²) in [5, 5.41) is 3.38. The van der Waals surface area contributed by atoms with Crippen LogP contribution in [0.15, 0.2) is 78.5 Å². The molecule has 1 atom stereocenters. The van der Waals surface area contributed by atoms with Gasteiger partial charge in [-0.25, -0.2) is 0 Å². The maximum atomic E-state index is 13.8. The van der Waals surface area contributed by atoms with Gasteiger partial charge in [0.05, 0.1) is 20.3 Å². The zero-order valence-electron chi connectivity index (χ0n) is 22.4. The molecule has 5 nitrogen and oxygen atoms in total. The van der Waals surface area contributed by atoms with Gasteiger partial charge in [0.25, 0.3) is 5.91 Å². The van der Waals surface area contributed by atoms with Crippen molar-refractivity contribution in [1.29, 1.82) is 0 Å². The van der Waals surface area contributed by atoms with Gasteiger partial charge in [0.2, 0.25) is 0 Å². The van der Waals surface area contributed by atoms with Crippen LogP contribution in [-0.2, 0) is 17.6 Å². The molecule has 0 bridgehead atoms. The molecule has 1 aliphatic rings.